The second kappa shape index (κ2) is 5.21. The average Bonchev–Trinajstić information content (AvgIpc) is 2.58. The Balaban J connectivity index is 2.16. The standard InChI is InChI=1S/C14H17ClN2O2/c1-8(2)17-13(18)7-12(14(17)19)16-11-5-4-10(15)6-9(11)3/h4-6,8,12,16H,7H2,1-3H3. The quantitative estimate of drug-likeness (QED) is 0.866. The van der Waals surface area contributed by atoms with Crippen LogP contribution in [0.5, 0.6) is 0 Å². The van der Waals surface area contributed by atoms with Crippen molar-refractivity contribution in [2.75, 3.05) is 5.32 Å². The molecule has 1 aromatic rings. The van der Waals surface area contributed by atoms with Crippen molar-refractivity contribution in [3.63, 3.8) is 0 Å². The van der Waals surface area contributed by atoms with E-state index in [0.717, 1.165) is 11.3 Å². The molecule has 1 fully saturated rings. The molecule has 2 amide bonds. The summed E-state index contributed by atoms with van der Waals surface area (Å²) in [6.45, 7) is 5.59. The number of nitrogens with one attached hydrogen (secondary N) is 1. The summed E-state index contributed by atoms with van der Waals surface area (Å²) in [5.74, 6) is -0.279. The lowest BCUT2D eigenvalue weighted by molar-refractivity contribution is -0.140. The molecule has 0 aliphatic carbocycles. The Labute approximate surface area is 117 Å². The van der Waals surface area contributed by atoms with E-state index in [1.807, 2.05) is 32.9 Å². The SMILES string of the molecule is Cc1cc(Cl)ccc1NC1CC(=O)N(C(C)C)C1=O. The van der Waals surface area contributed by atoms with Gasteiger partial charge in [-0.05, 0) is 44.5 Å². The van der Waals surface area contributed by atoms with Crippen LogP contribution in [0, 0.1) is 6.92 Å². The zero-order valence-electron chi connectivity index (χ0n) is 11.2. The third kappa shape index (κ3) is 2.73. The molecule has 5 heteroatoms. The number of aryl methyl sites for hydroxylation is 1. The van der Waals surface area contributed by atoms with Gasteiger partial charge in [0.15, 0.2) is 0 Å². The van der Waals surface area contributed by atoms with Crippen molar-refractivity contribution in [2.45, 2.75) is 39.3 Å². The number of halogens is 1. The first-order valence-electron chi connectivity index (χ1n) is 6.28. The van der Waals surface area contributed by atoms with Crippen LogP contribution in [0.1, 0.15) is 25.8 Å². The van der Waals surface area contributed by atoms with Gasteiger partial charge in [0.2, 0.25) is 5.91 Å². The highest BCUT2D eigenvalue weighted by Gasteiger charge is 2.39. The Kier molecular flexibility index (Phi) is 3.80. The first kappa shape index (κ1) is 13.9. The number of carbonyl (C=O) groups is 2. The van der Waals surface area contributed by atoms with Gasteiger partial charge in [0.1, 0.15) is 6.04 Å². The Hall–Kier alpha value is -1.55. The molecule has 1 heterocycles. The zero-order chi connectivity index (χ0) is 14.2. The fourth-order valence-electron chi connectivity index (χ4n) is 2.28. The number of anilines is 1. The maximum atomic E-state index is 12.2. The van der Waals surface area contributed by atoms with Crippen LogP contribution in [0.4, 0.5) is 5.69 Å². The minimum atomic E-state index is -0.477. The minimum Gasteiger partial charge on any atom is -0.373 e. The van der Waals surface area contributed by atoms with Crippen molar-refractivity contribution in [3.05, 3.63) is 28.8 Å². The van der Waals surface area contributed by atoms with Gasteiger partial charge in [0, 0.05) is 16.8 Å². The van der Waals surface area contributed by atoms with E-state index in [4.69, 9.17) is 11.6 Å². The van der Waals surface area contributed by atoms with Gasteiger partial charge in [-0.3, -0.25) is 14.5 Å². The van der Waals surface area contributed by atoms with Crippen molar-refractivity contribution in [2.24, 2.45) is 0 Å². The van der Waals surface area contributed by atoms with Crippen LogP contribution in [0.3, 0.4) is 0 Å². The molecule has 1 N–H and O–H groups in total. The molecule has 0 spiro atoms. The van der Waals surface area contributed by atoms with Crippen molar-refractivity contribution >= 4 is 29.1 Å². The molecular weight excluding hydrogens is 264 g/mol. The summed E-state index contributed by atoms with van der Waals surface area (Å²) in [4.78, 5) is 25.3. The Morgan fingerprint density at radius 3 is 2.58 bits per heavy atom. The zero-order valence-corrected chi connectivity index (χ0v) is 12.0. The predicted octanol–water partition coefficient (Wildman–Crippen LogP) is 2.60. The lowest BCUT2D eigenvalue weighted by atomic mass is 10.1. The maximum Gasteiger partial charge on any atom is 0.252 e. The van der Waals surface area contributed by atoms with Crippen LogP contribution in [0.15, 0.2) is 18.2 Å². The summed E-state index contributed by atoms with van der Waals surface area (Å²) in [6.07, 6.45) is 0.207. The fraction of sp³-hybridized carbons (Fsp3) is 0.429. The summed E-state index contributed by atoms with van der Waals surface area (Å²) in [7, 11) is 0. The highest BCUT2D eigenvalue weighted by Crippen LogP contribution is 2.24. The lowest BCUT2D eigenvalue weighted by Gasteiger charge is -2.20. The highest BCUT2D eigenvalue weighted by atomic mass is 35.5. The third-order valence-corrected chi connectivity index (χ3v) is 3.45. The molecule has 1 unspecified atom stereocenters. The second-order valence-corrected chi connectivity index (χ2v) is 5.49. The maximum absolute atomic E-state index is 12.2. The van der Waals surface area contributed by atoms with E-state index < -0.39 is 6.04 Å². The average molecular weight is 281 g/mol. The molecule has 4 nitrogen and oxygen atoms in total. The van der Waals surface area contributed by atoms with Crippen molar-refractivity contribution in [3.8, 4) is 0 Å². The first-order valence-corrected chi connectivity index (χ1v) is 6.66. The molecule has 0 saturated carbocycles. The summed E-state index contributed by atoms with van der Waals surface area (Å²) in [5, 5.41) is 3.78. The molecule has 0 bridgehead atoms. The smallest absolute Gasteiger partial charge is 0.252 e. The van der Waals surface area contributed by atoms with Crippen LogP contribution >= 0.6 is 11.6 Å². The molecule has 2 rings (SSSR count). The minimum absolute atomic E-state index is 0.0990. The van der Waals surface area contributed by atoms with Crippen molar-refractivity contribution < 1.29 is 9.59 Å². The number of likely N-dealkylation sites (tertiary alicyclic amines) is 1. The number of hydrogen-bond donors (Lipinski definition) is 1. The van der Waals surface area contributed by atoms with Gasteiger partial charge >= 0.3 is 0 Å². The predicted molar refractivity (Wildman–Crippen MR) is 75.2 cm³/mol. The van der Waals surface area contributed by atoms with Gasteiger partial charge in [-0.15, -0.1) is 0 Å². The van der Waals surface area contributed by atoms with E-state index in [-0.39, 0.29) is 24.3 Å². The highest BCUT2D eigenvalue weighted by molar-refractivity contribution is 6.30. The van der Waals surface area contributed by atoms with E-state index in [1.54, 1.807) is 6.07 Å². The molecule has 0 aromatic heterocycles. The molecule has 1 aliphatic heterocycles. The largest absolute Gasteiger partial charge is 0.373 e. The molecule has 1 saturated heterocycles. The van der Waals surface area contributed by atoms with E-state index in [2.05, 4.69) is 5.32 Å². The van der Waals surface area contributed by atoms with Gasteiger partial charge in [0.25, 0.3) is 5.91 Å². The molecule has 1 aromatic carbocycles. The van der Waals surface area contributed by atoms with E-state index in [1.165, 1.54) is 4.90 Å². The van der Waals surface area contributed by atoms with Gasteiger partial charge in [-0.2, -0.15) is 0 Å². The molecule has 1 aliphatic rings. The summed E-state index contributed by atoms with van der Waals surface area (Å²) in [6, 6.07) is 4.84. The lowest BCUT2D eigenvalue weighted by Crippen LogP contribution is -2.39. The number of amides is 2. The number of imide groups is 1. The molecule has 1 atom stereocenters. The van der Waals surface area contributed by atoms with E-state index >= 15 is 0 Å². The van der Waals surface area contributed by atoms with E-state index in [0.29, 0.717) is 5.02 Å². The van der Waals surface area contributed by atoms with Crippen LogP contribution < -0.4 is 5.32 Å². The second-order valence-electron chi connectivity index (χ2n) is 5.06. The molecule has 0 radical (unpaired) electrons. The molecule has 102 valence electrons. The Morgan fingerprint density at radius 1 is 1.37 bits per heavy atom. The van der Waals surface area contributed by atoms with Crippen LogP contribution in [0.2, 0.25) is 5.02 Å². The van der Waals surface area contributed by atoms with E-state index in [9.17, 15) is 9.59 Å². The molecular formula is C14H17ClN2O2. The number of rotatable bonds is 3. The van der Waals surface area contributed by atoms with Crippen LogP contribution in [-0.2, 0) is 9.59 Å². The first-order chi connectivity index (χ1) is 8.90. The Bertz CT molecular complexity index is 528. The summed E-state index contributed by atoms with van der Waals surface area (Å²) < 4.78 is 0. The van der Waals surface area contributed by atoms with Crippen molar-refractivity contribution in [1.29, 1.82) is 0 Å². The van der Waals surface area contributed by atoms with Gasteiger partial charge < -0.3 is 5.32 Å². The van der Waals surface area contributed by atoms with Crippen LogP contribution in [-0.4, -0.2) is 28.8 Å². The molecule has 19 heavy (non-hydrogen) atoms. The number of hydrogen-bond acceptors (Lipinski definition) is 3. The normalized spacial score (nSPS) is 19.4. The van der Waals surface area contributed by atoms with Gasteiger partial charge in [0.05, 0.1) is 6.42 Å². The number of benzene rings is 1. The number of carbonyl (C=O) groups excluding carboxylic acids is 2. The topological polar surface area (TPSA) is 49.4 Å². The van der Waals surface area contributed by atoms with Gasteiger partial charge in [-0.1, -0.05) is 11.6 Å². The van der Waals surface area contributed by atoms with Crippen LogP contribution in [0.25, 0.3) is 0 Å². The number of nitrogens with zero attached hydrogens (tertiary/aromatic N) is 1. The van der Waals surface area contributed by atoms with Gasteiger partial charge in [-0.25, -0.2) is 0 Å². The summed E-state index contributed by atoms with van der Waals surface area (Å²) in [5.41, 5.74) is 1.79. The fourth-order valence-corrected chi connectivity index (χ4v) is 2.51. The third-order valence-electron chi connectivity index (χ3n) is 3.22. The Morgan fingerprint density at radius 2 is 2.05 bits per heavy atom. The monoisotopic (exact) mass is 280 g/mol. The van der Waals surface area contributed by atoms with Crippen molar-refractivity contribution in [1.82, 2.24) is 4.90 Å². The summed E-state index contributed by atoms with van der Waals surface area (Å²) >= 11 is 5.89.